The molecule has 1 aliphatic rings. The summed E-state index contributed by atoms with van der Waals surface area (Å²) in [6, 6.07) is 9.83. The molecule has 0 aliphatic heterocycles. The van der Waals surface area contributed by atoms with Crippen molar-refractivity contribution in [1.82, 2.24) is 10.6 Å². The minimum absolute atomic E-state index is 0.129. The summed E-state index contributed by atoms with van der Waals surface area (Å²) < 4.78 is 65.2. The molecule has 1 aliphatic carbocycles. The highest BCUT2D eigenvalue weighted by molar-refractivity contribution is 7.90. The summed E-state index contributed by atoms with van der Waals surface area (Å²) in [5.41, 5.74) is -0.00650. The van der Waals surface area contributed by atoms with Gasteiger partial charge in [-0.05, 0) is 41.7 Å². The highest BCUT2D eigenvalue weighted by atomic mass is 35.5. The smallest absolute Gasteiger partial charge is 0.336 e. The maximum absolute atomic E-state index is 14.0. The highest BCUT2D eigenvalue weighted by Gasteiger charge is 2.47. The Bertz CT molecular complexity index is 1210. The molecule has 0 bridgehead atoms. The number of alkyl halides is 5. The molecular weight excluding hydrogens is 526 g/mol. The van der Waals surface area contributed by atoms with Gasteiger partial charge in [0, 0.05) is 12.7 Å². The lowest BCUT2D eigenvalue weighted by Gasteiger charge is -2.28. The Morgan fingerprint density at radius 3 is 2.00 bits per heavy atom. The lowest BCUT2D eigenvalue weighted by atomic mass is 9.99. The van der Waals surface area contributed by atoms with Crippen molar-refractivity contribution < 1.29 is 26.4 Å². The first kappa shape index (κ1) is 27.3. The zero-order chi connectivity index (χ0) is 26.0. The van der Waals surface area contributed by atoms with Crippen molar-refractivity contribution in [2.45, 2.75) is 52.8 Å². The van der Waals surface area contributed by atoms with Crippen LogP contribution in [0.3, 0.4) is 0 Å². The van der Waals surface area contributed by atoms with E-state index < -0.39 is 44.4 Å². The maximum Gasteiger partial charge on any atom is 0.407 e. The number of hydrogen-bond donors (Lipinski definition) is 2. The summed E-state index contributed by atoms with van der Waals surface area (Å²) >= 11 is 11.5. The van der Waals surface area contributed by atoms with Gasteiger partial charge >= 0.3 is 6.18 Å². The van der Waals surface area contributed by atoms with Crippen LogP contribution in [-0.4, -0.2) is 43.2 Å². The molecule has 2 aromatic carbocycles. The minimum Gasteiger partial charge on any atom is -0.336 e. The highest BCUT2D eigenvalue weighted by Crippen LogP contribution is 2.36. The molecule has 1 fully saturated rings. The molecule has 3 rings (SSSR count). The Kier molecular flexibility index (Phi) is 8.06. The van der Waals surface area contributed by atoms with Gasteiger partial charge in [0.2, 0.25) is 5.91 Å². The van der Waals surface area contributed by atoms with Crippen LogP contribution in [0.2, 0.25) is 0 Å². The molecule has 0 radical (unpaired) electrons. The minimum atomic E-state index is -4.75. The monoisotopic (exact) mass is 547 g/mol. The van der Waals surface area contributed by atoms with E-state index in [1.807, 2.05) is 6.07 Å². The Hall–Kier alpha value is -2.32. The van der Waals surface area contributed by atoms with E-state index in [1.165, 1.54) is 36.4 Å². The number of sulfone groups is 1. The molecule has 0 spiro atoms. The fraction of sp³-hybridized carbons (Fsp3) is 0.391. The molecule has 35 heavy (non-hydrogen) atoms. The number of hydrogen-bond acceptors (Lipinski definition) is 5. The zero-order valence-corrected chi connectivity index (χ0v) is 20.8. The SMILES string of the molecule is CS(=O)(=O)c1ccc(-c2ccc([C@H](N[C@@H](CC(Cl)Cl)C(=O)NC3(C#N)CC3)C(F)(F)F)cc2)cc1. The van der Waals surface area contributed by atoms with E-state index in [0.29, 0.717) is 24.0 Å². The first-order valence-corrected chi connectivity index (χ1v) is 13.3. The number of nitrogens with zero attached hydrogens (tertiary/aromatic N) is 1. The lowest BCUT2D eigenvalue weighted by molar-refractivity contribution is -0.161. The third-order valence-corrected chi connectivity index (χ3v) is 7.10. The average Bonchev–Trinajstić information content (AvgIpc) is 3.55. The van der Waals surface area contributed by atoms with Gasteiger partial charge < -0.3 is 5.32 Å². The van der Waals surface area contributed by atoms with Gasteiger partial charge in [-0.15, -0.1) is 23.2 Å². The topological polar surface area (TPSA) is 99.1 Å². The molecule has 1 saturated carbocycles. The molecule has 0 saturated heterocycles. The van der Waals surface area contributed by atoms with Gasteiger partial charge in [-0.25, -0.2) is 8.42 Å². The van der Waals surface area contributed by atoms with Gasteiger partial charge in [0.25, 0.3) is 0 Å². The lowest BCUT2D eigenvalue weighted by Crippen LogP contribution is -2.52. The van der Waals surface area contributed by atoms with Crippen molar-refractivity contribution in [3.63, 3.8) is 0 Å². The van der Waals surface area contributed by atoms with E-state index in [0.717, 1.165) is 6.26 Å². The number of nitriles is 1. The van der Waals surface area contributed by atoms with E-state index >= 15 is 0 Å². The van der Waals surface area contributed by atoms with Crippen LogP contribution in [0.5, 0.6) is 0 Å². The Morgan fingerprint density at radius 2 is 1.60 bits per heavy atom. The van der Waals surface area contributed by atoms with E-state index in [-0.39, 0.29) is 16.9 Å². The third kappa shape index (κ3) is 7.10. The second-order valence-corrected chi connectivity index (χ2v) is 11.7. The molecular formula is C23H22Cl2F3N3O3S. The van der Waals surface area contributed by atoms with Gasteiger partial charge in [0.1, 0.15) is 16.4 Å². The molecule has 2 N–H and O–H groups in total. The first-order chi connectivity index (χ1) is 16.2. The van der Waals surface area contributed by atoms with Gasteiger partial charge in [-0.3, -0.25) is 10.1 Å². The number of benzene rings is 2. The van der Waals surface area contributed by atoms with E-state index in [1.54, 1.807) is 12.1 Å². The van der Waals surface area contributed by atoms with Crippen molar-refractivity contribution in [2.75, 3.05) is 6.26 Å². The summed E-state index contributed by atoms with van der Waals surface area (Å²) in [5, 5.41) is 14.0. The van der Waals surface area contributed by atoms with Crippen LogP contribution in [0.1, 0.15) is 30.9 Å². The quantitative estimate of drug-likeness (QED) is 0.444. The number of halogens is 5. The predicted molar refractivity (Wildman–Crippen MR) is 127 cm³/mol. The standard InChI is InChI=1S/C23H22Cl2F3N3O3S/c1-35(33,34)17-8-6-15(7-9-17)14-2-4-16(5-3-14)20(23(26,27)28)30-18(12-19(24)25)21(32)31-22(13-29)10-11-22/h2-9,18-20,30H,10-12H2,1H3,(H,31,32)/t18-,20-/m0/s1. The van der Waals surface area contributed by atoms with E-state index in [4.69, 9.17) is 23.2 Å². The first-order valence-electron chi connectivity index (χ1n) is 10.5. The average molecular weight is 548 g/mol. The van der Waals surface area contributed by atoms with Gasteiger partial charge in [-0.1, -0.05) is 36.4 Å². The van der Waals surface area contributed by atoms with Crippen LogP contribution < -0.4 is 10.6 Å². The van der Waals surface area contributed by atoms with Crippen LogP contribution >= 0.6 is 23.2 Å². The number of amides is 1. The fourth-order valence-corrected chi connectivity index (χ4v) is 4.47. The summed E-state index contributed by atoms with van der Waals surface area (Å²) in [4.78, 5) is 11.7. The van der Waals surface area contributed by atoms with Gasteiger partial charge in [0.15, 0.2) is 9.84 Å². The molecule has 0 unspecified atom stereocenters. The van der Waals surface area contributed by atoms with Crippen molar-refractivity contribution in [2.24, 2.45) is 0 Å². The molecule has 0 aromatic heterocycles. The maximum atomic E-state index is 14.0. The normalized spacial score (nSPS) is 16.9. The van der Waals surface area contributed by atoms with Crippen LogP contribution in [0.25, 0.3) is 11.1 Å². The summed E-state index contributed by atoms with van der Waals surface area (Å²) in [5.74, 6) is -0.785. The summed E-state index contributed by atoms with van der Waals surface area (Å²) in [6.45, 7) is 0. The van der Waals surface area contributed by atoms with Crippen LogP contribution in [0.15, 0.2) is 53.4 Å². The number of carbonyl (C=O) groups is 1. The summed E-state index contributed by atoms with van der Waals surface area (Å²) in [6.07, 6.45) is -3.13. The molecule has 2 atom stereocenters. The second kappa shape index (κ2) is 10.3. The van der Waals surface area contributed by atoms with Crippen LogP contribution in [0.4, 0.5) is 13.2 Å². The molecule has 188 valence electrons. The van der Waals surface area contributed by atoms with Crippen LogP contribution in [-0.2, 0) is 14.6 Å². The molecule has 6 nitrogen and oxygen atoms in total. The van der Waals surface area contributed by atoms with Gasteiger partial charge in [-0.2, -0.15) is 18.4 Å². The Morgan fingerprint density at radius 1 is 1.09 bits per heavy atom. The molecule has 2 aromatic rings. The Balaban J connectivity index is 1.84. The van der Waals surface area contributed by atoms with E-state index in [2.05, 4.69) is 10.6 Å². The molecule has 1 amide bonds. The number of nitrogens with one attached hydrogen (secondary N) is 2. The number of carbonyl (C=O) groups excluding carboxylic acids is 1. The largest absolute Gasteiger partial charge is 0.407 e. The van der Waals surface area contributed by atoms with Crippen LogP contribution in [0, 0.1) is 11.3 Å². The van der Waals surface area contributed by atoms with Crippen molar-refractivity contribution in [3.8, 4) is 17.2 Å². The van der Waals surface area contributed by atoms with Crippen molar-refractivity contribution >= 4 is 38.9 Å². The molecule has 12 heteroatoms. The van der Waals surface area contributed by atoms with E-state index in [9.17, 15) is 31.6 Å². The molecule has 0 heterocycles. The summed E-state index contributed by atoms with van der Waals surface area (Å²) in [7, 11) is -3.38. The second-order valence-electron chi connectivity index (χ2n) is 8.42. The fourth-order valence-electron chi connectivity index (χ4n) is 3.49. The van der Waals surface area contributed by atoms with Crippen molar-refractivity contribution in [1.29, 1.82) is 5.26 Å². The predicted octanol–water partition coefficient (Wildman–Crippen LogP) is 4.68. The van der Waals surface area contributed by atoms with Gasteiger partial charge in [0.05, 0.1) is 17.0 Å². The zero-order valence-electron chi connectivity index (χ0n) is 18.4. The Labute approximate surface area is 211 Å². The number of rotatable bonds is 9. The van der Waals surface area contributed by atoms with Crippen molar-refractivity contribution in [3.05, 3.63) is 54.1 Å². The third-order valence-electron chi connectivity index (χ3n) is 5.61.